The van der Waals surface area contributed by atoms with Gasteiger partial charge in [0.25, 0.3) is 5.56 Å². The molecule has 0 fully saturated rings. The SMILES string of the molecule is C[C@H](NC(=O)CCc1ccncc1)c1cc(=O)[nH]c(-c2ccccn2)n1. The van der Waals surface area contributed by atoms with Crippen molar-refractivity contribution in [3.63, 3.8) is 0 Å². The number of hydrogen-bond acceptors (Lipinski definition) is 5. The molecule has 3 rings (SSSR count). The Hall–Kier alpha value is -3.35. The summed E-state index contributed by atoms with van der Waals surface area (Å²) >= 11 is 0. The Balaban J connectivity index is 1.67. The third kappa shape index (κ3) is 4.60. The lowest BCUT2D eigenvalue weighted by Crippen LogP contribution is -2.28. The number of aryl methyl sites for hydroxylation is 1. The van der Waals surface area contributed by atoms with Crippen LogP contribution < -0.4 is 10.9 Å². The molecule has 1 amide bonds. The number of amides is 1. The Morgan fingerprint density at radius 1 is 1.19 bits per heavy atom. The van der Waals surface area contributed by atoms with E-state index < -0.39 is 0 Å². The average Bonchev–Trinajstić information content (AvgIpc) is 2.67. The van der Waals surface area contributed by atoms with E-state index in [1.807, 2.05) is 18.2 Å². The van der Waals surface area contributed by atoms with E-state index in [-0.39, 0.29) is 17.5 Å². The van der Waals surface area contributed by atoms with Gasteiger partial charge >= 0.3 is 0 Å². The summed E-state index contributed by atoms with van der Waals surface area (Å²) in [5, 5.41) is 2.88. The zero-order valence-electron chi connectivity index (χ0n) is 14.3. The summed E-state index contributed by atoms with van der Waals surface area (Å²) in [5.74, 6) is 0.279. The highest BCUT2D eigenvalue weighted by Crippen LogP contribution is 2.13. The summed E-state index contributed by atoms with van der Waals surface area (Å²) < 4.78 is 0. The van der Waals surface area contributed by atoms with E-state index in [0.717, 1.165) is 5.56 Å². The van der Waals surface area contributed by atoms with Crippen LogP contribution in [0, 0.1) is 0 Å². The number of aromatic nitrogens is 4. The van der Waals surface area contributed by atoms with Crippen molar-refractivity contribution in [2.24, 2.45) is 0 Å². The molecule has 0 saturated heterocycles. The lowest BCUT2D eigenvalue weighted by Gasteiger charge is -2.14. The predicted octanol–water partition coefficient (Wildman–Crippen LogP) is 2.04. The zero-order chi connectivity index (χ0) is 18.4. The van der Waals surface area contributed by atoms with Crippen LogP contribution in [0.25, 0.3) is 11.5 Å². The second-order valence-corrected chi connectivity index (χ2v) is 5.88. The fourth-order valence-electron chi connectivity index (χ4n) is 2.52. The first-order valence-corrected chi connectivity index (χ1v) is 8.33. The Morgan fingerprint density at radius 2 is 2.00 bits per heavy atom. The number of hydrogen-bond donors (Lipinski definition) is 2. The third-order valence-corrected chi connectivity index (χ3v) is 3.88. The molecule has 0 bridgehead atoms. The molecular weight excluding hydrogens is 330 g/mol. The van der Waals surface area contributed by atoms with Crippen LogP contribution in [-0.2, 0) is 11.2 Å². The fraction of sp³-hybridized carbons (Fsp3) is 0.211. The fourth-order valence-corrected chi connectivity index (χ4v) is 2.52. The monoisotopic (exact) mass is 349 g/mol. The van der Waals surface area contributed by atoms with E-state index in [2.05, 4.69) is 25.3 Å². The lowest BCUT2D eigenvalue weighted by atomic mass is 10.1. The highest BCUT2D eigenvalue weighted by molar-refractivity contribution is 5.76. The maximum absolute atomic E-state index is 12.2. The predicted molar refractivity (Wildman–Crippen MR) is 97.2 cm³/mol. The van der Waals surface area contributed by atoms with Crippen LogP contribution in [0.1, 0.15) is 30.6 Å². The summed E-state index contributed by atoms with van der Waals surface area (Å²) in [7, 11) is 0. The minimum atomic E-state index is -0.385. The first-order chi connectivity index (χ1) is 12.6. The number of carbonyl (C=O) groups excluding carboxylic acids is 1. The summed E-state index contributed by atoms with van der Waals surface area (Å²) in [6.45, 7) is 1.80. The van der Waals surface area contributed by atoms with Gasteiger partial charge in [-0.3, -0.25) is 19.6 Å². The van der Waals surface area contributed by atoms with Crippen molar-refractivity contribution in [1.29, 1.82) is 0 Å². The molecule has 0 unspecified atom stereocenters. The van der Waals surface area contributed by atoms with Gasteiger partial charge in [-0.05, 0) is 43.2 Å². The molecule has 26 heavy (non-hydrogen) atoms. The van der Waals surface area contributed by atoms with Crippen LogP contribution in [0.5, 0.6) is 0 Å². The van der Waals surface area contributed by atoms with Crippen molar-refractivity contribution in [3.05, 3.63) is 76.6 Å². The summed E-state index contributed by atoms with van der Waals surface area (Å²) in [5.41, 5.74) is 1.83. The molecule has 0 radical (unpaired) electrons. The number of nitrogens with one attached hydrogen (secondary N) is 2. The first kappa shape index (κ1) is 17.5. The lowest BCUT2D eigenvalue weighted by molar-refractivity contribution is -0.121. The number of nitrogens with zero attached hydrogens (tertiary/aromatic N) is 3. The molecule has 3 aromatic heterocycles. The Morgan fingerprint density at radius 3 is 2.73 bits per heavy atom. The second kappa shape index (κ2) is 8.15. The van der Waals surface area contributed by atoms with Crippen LogP contribution >= 0.6 is 0 Å². The van der Waals surface area contributed by atoms with Gasteiger partial charge in [-0.15, -0.1) is 0 Å². The number of aromatic amines is 1. The van der Waals surface area contributed by atoms with Gasteiger partial charge in [-0.2, -0.15) is 0 Å². The van der Waals surface area contributed by atoms with E-state index >= 15 is 0 Å². The van der Waals surface area contributed by atoms with Crippen LogP contribution in [0.4, 0.5) is 0 Å². The smallest absolute Gasteiger partial charge is 0.251 e. The molecule has 0 aliphatic carbocycles. The van der Waals surface area contributed by atoms with Gasteiger partial charge in [0.1, 0.15) is 5.69 Å². The van der Waals surface area contributed by atoms with Crippen molar-refractivity contribution in [3.8, 4) is 11.5 Å². The molecule has 2 N–H and O–H groups in total. The molecule has 0 aliphatic rings. The Kier molecular flexibility index (Phi) is 5.48. The molecule has 0 aromatic carbocycles. The van der Waals surface area contributed by atoms with Gasteiger partial charge in [0.2, 0.25) is 5.91 Å². The van der Waals surface area contributed by atoms with E-state index in [4.69, 9.17) is 0 Å². The largest absolute Gasteiger partial charge is 0.348 e. The highest BCUT2D eigenvalue weighted by atomic mass is 16.1. The van der Waals surface area contributed by atoms with E-state index in [1.165, 1.54) is 6.07 Å². The topological polar surface area (TPSA) is 101 Å². The first-order valence-electron chi connectivity index (χ1n) is 8.33. The van der Waals surface area contributed by atoms with Gasteiger partial charge < -0.3 is 10.3 Å². The number of rotatable bonds is 6. The number of H-pyrrole nitrogens is 1. The third-order valence-electron chi connectivity index (χ3n) is 3.88. The van der Waals surface area contributed by atoms with Crippen LogP contribution in [0.15, 0.2) is 59.8 Å². The number of carbonyl (C=O) groups is 1. The Labute approximate surface area is 150 Å². The summed E-state index contributed by atoms with van der Waals surface area (Å²) in [6, 6.07) is 10.1. The van der Waals surface area contributed by atoms with Gasteiger partial charge in [0.05, 0.1) is 11.7 Å². The van der Waals surface area contributed by atoms with Crippen LogP contribution in [0.3, 0.4) is 0 Å². The maximum atomic E-state index is 12.2. The molecule has 7 nitrogen and oxygen atoms in total. The highest BCUT2D eigenvalue weighted by Gasteiger charge is 2.14. The minimum Gasteiger partial charge on any atom is -0.348 e. The van der Waals surface area contributed by atoms with Crippen molar-refractivity contribution < 1.29 is 4.79 Å². The molecule has 7 heteroatoms. The van der Waals surface area contributed by atoms with Gasteiger partial charge in [0.15, 0.2) is 5.82 Å². The maximum Gasteiger partial charge on any atom is 0.251 e. The Bertz CT molecular complexity index is 925. The van der Waals surface area contributed by atoms with E-state index in [0.29, 0.717) is 30.1 Å². The van der Waals surface area contributed by atoms with Gasteiger partial charge in [-0.1, -0.05) is 6.07 Å². The van der Waals surface area contributed by atoms with Crippen molar-refractivity contribution >= 4 is 5.91 Å². The standard InChI is InChI=1S/C19H19N5O2/c1-13(22-17(25)6-5-14-7-10-20-11-8-14)16-12-18(26)24-19(23-16)15-4-2-3-9-21-15/h2-4,7-13H,5-6H2,1H3,(H,22,25)(H,23,24,26)/t13-/m0/s1. The molecule has 0 spiro atoms. The van der Waals surface area contributed by atoms with Gasteiger partial charge in [0, 0.05) is 31.1 Å². The van der Waals surface area contributed by atoms with Crippen molar-refractivity contribution in [1.82, 2.24) is 25.3 Å². The zero-order valence-corrected chi connectivity index (χ0v) is 14.3. The molecule has 132 valence electrons. The normalized spacial score (nSPS) is 11.7. The quantitative estimate of drug-likeness (QED) is 0.709. The molecule has 0 saturated carbocycles. The number of pyridine rings is 2. The molecule has 1 atom stereocenters. The van der Waals surface area contributed by atoms with E-state index in [1.54, 1.807) is 37.6 Å². The summed E-state index contributed by atoms with van der Waals surface area (Å²) in [4.78, 5) is 39.4. The van der Waals surface area contributed by atoms with Crippen LogP contribution in [0.2, 0.25) is 0 Å². The molecule has 3 aromatic rings. The molecule has 0 aliphatic heterocycles. The van der Waals surface area contributed by atoms with Crippen molar-refractivity contribution in [2.45, 2.75) is 25.8 Å². The summed E-state index contributed by atoms with van der Waals surface area (Å²) in [6.07, 6.45) is 6.02. The van der Waals surface area contributed by atoms with Crippen molar-refractivity contribution in [2.75, 3.05) is 0 Å². The average molecular weight is 349 g/mol. The van der Waals surface area contributed by atoms with Gasteiger partial charge in [-0.25, -0.2) is 4.98 Å². The second-order valence-electron chi connectivity index (χ2n) is 5.88. The molecule has 3 heterocycles. The molecular formula is C19H19N5O2. The van der Waals surface area contributed by atoms with E-state index in [9.17, 15) is 9.59 Å². The van der Waals surface area contributed by atoms with Crippen LogP contribution in [-0.4, -0.2) is 25.8 Å². The minimum absolute atomic E-state index is 0.101.